The molecule has 19 heavy (non-hydrogen) atoms. The van der Waals surface area contributed by atoms with Crippen LogP contribution in [0.5, 0.6) is 0 Å². The predicted octanol–water partition coefficient (Wildman–Crippen LogP) is 4.45. The van der Waals surface area contributed by atoms with Crippen LogP contribution >= 0.6 is 0 Å². The van der Waals surface area contributed by atoms with Crippen molar-refractivity contribution in [2.45, 2.75) is 0 Å². The zero-order valence-corrected chi connectivity index (χ0v) is 10.1. The predicted molar refractivity (Wildman–Crippen MR) is 75.8 cm³/mol. The third kappa shape index (κ3) is 1.61. The molecule has 0 spiro atoms. The highest BCUT2D eigenvalue weighted by atomic mass is 16.3. The summed E-state index contributed by atoms with van der Waals surface area (Å²) in [5, 5.41) is 2.22. The first-order valence-electron chi connectivity index (χ1n) is 6.15. The van der Waals surface area contributed by atoms with Gasteiger partial charge in [0.1, 0.15) is 11.2 Å². The fourth-order valence-electron chi connectivity index (χ4n) is 2.36. The molecule has 2 nitrogen and oxygen atoms in total. The van der Waals surface area contributed by atoms with Crippen LogP contribution in [0.15, 0.2) is 65.2 Å². The Morgan fingerprint density at radius 3 is 2.84 bits per heavy atom. The average molecular weight is 244 g/mol. The van der Waals surface area contributed by atoms with E-state index in [9.17, 15) is 0 Å². The maximum atomic E-state index is 5.87. The second-order valence-electron chi connectivity index (χ2n) is 4.45. The highest BCUT2D eigenvalue weighted by molar-refractivity contribution is 6.05. The average Bonchev–Trinajstić information content (AvgIpc) is 2.86. The molecular weight excluding hydrogens is 234 g/mol. The SMILES string of the molecule is [c]1ccc2oc3cc(-c4ccccn4)ccc3c2c1. The van der Waals surface area contributed by atoms with Gasteiger partial charge in [-0.15, -0.1) is 0 Å². The summed E-state index contributed by atoms with van der Waals surface area (Å²) >= 11 is 0. The van der Waals surface area contributed by atoms with E-state index in [4.69, 9.17) is 4.42 Å². The van der Waals surface area contributed by atoms with E-state index in [1.807, 2.05) is 42.5 Å². The Balaban J connectivity index is 1.99. The topological polar surface area (TPSA) is 26.0 Å². The van der Waals surface area contributed by atoms with Crippen LogP contribution in [0.2, 0.25) is 0 Å². The highest BCUT2D eigenvalue weighted by Crippen LogP contribution is 2.31. The summed E-state index contributed by atoms with van der Waals surface area (Å²) < 4.78 is 5.87. The fraction of sp³-hybridized carbons (Fsp3) is 0. The third-order valence-corrected chi connectivity index (χ3v) is 3.28. The van der Waals surface area contributed by atoms with Gasteiger partial charge in [0.15, 0.2) is 0 Å². The fourth-order valence-corrected chi connectivity index (χ4v) is 2.36. The van der Waals surface area contributed by atoms with E-state index in [0.29, 0.717) is 0 Å². The molecule has 0 unspecified atom stereocenters. The molecule has 0 amide bonds. The lowest BCUT2D eigenvalue weighted by Crippen LogP contribution is -1.80. The number of rotatable bonds is 1. The van der Waals surface area contributed by atoms with Crippen molar-refractivity contribution < 1.29 is 4.42 Å². The van der Waals surface area contributed by atoms with E-state index in [-0.39, 0.29) is 0 Å². The van der Waals surface area contributed by atoms with Crippen LogP contribution in [0.1, 0.15) is 0 Å². The summed E-state index contributed by atoms with van der Waals surface area (Å²) in [4.78, 5) is 4.36. The van der Waals surface area contributed by atoms with Gasteiger partial charge in [-0.1, -0.05) is 18.2 Å². The molecule has 0 bridgehead atoms. The first-order chi connectivity index (χ1) is 9.42. The summed E-state index contributed by atoms with van der Waals surface area (Å²) in [6, 6.07) is 21.0. The van der Waals surface area contributed by atoms with Gasteiger partial charge in [-0.2, -0.15) is 0 Å². The molecule has 0 saturated carbocycles. The Morgan fingerprint density at radius 1 is 0.947 bits per heavy atom. The monoisotopic (exact) mass is 244 g/mol. The van der Waals surface area contributed by atoms with E-state index < -0.39 is 0 Å². The lowest BCUT2D eigenvalue weighted by atomic mass is 10.1. The van der Waals surface area contributed by atoms with Gasteiger partial charge in [-0.3, -0.25) is 4.98 Å². The van der Waals surface area contributed by atoms with Crippen molar-refractivity contribution in [2.24, 2.45) is 0 Å². The minimum Gasteiger partial charge on any atom is -0.456 e. The molecular formula is C17H10NO. The molecule has 89 valence electrons. The number of hydrogen-bond acceptors (Lipinski definition) is 2. The Bertz CT molecular complexity index is 862. The smallest absolute Gasteiger partial charge is 0.136 e. The third-order valence-electron chi connectivity index (χ3n) is 3.28. The Kier molecular flexibility index (Phi) is 2.15. The number of pyridine rings is 1. The molecule has 2 heteroatoms. The molecule has 1 radical (unpaired) electrons. The molecule has 2 heterocycles. The van der Waals surface area contributed by atoms with Gasteiger partial charge < -0.3 is 4.42 Å². The molecule has 0 atom stereocenters. The standard InChI is InChI=1S/C17H10NO/c1-2-7-16-13(5-1)14-9-8-12(11-17(14)19-16)15-6-3-4-10-18-15/h2-11H. The van der Waals surface area contributed by atoms with Crippen LogP contribution in [0.25, 0.3) is 33.2 Å². The maximum absolute atomic E-state index is 5.87. The summed E-state index contributed by atoms with van der Waals surface area (Å²) in [6.45, 7) is 0. The van der Waals surface area contributed by atoms with Gasteiger partial charge in [0.2, 0.25) is 0 Å². The number of benzene rings is 2. The van der Waals surface area contributed by atoms with Crippen LogP contribution in [-0.2, 0) is 0 Å². The van der Waals surface area contributed by atoms with Gasteiger partial charge in [-0.25, -0.2) is 0 Å². The minimum atomic E-state index is 0.887. The van der Waals surface area contributed by atoms with Crippen LogP contribution in [0.4, 0.5) is 0 Å². The van der Waals surface area contributed by atoms with Crippen molar-refractivity contribution >= 4 is 21.9 Å². The molecule has 0 aliphatic heterocycles. The molecule has 0 aliphatic carbocycles. The van der Waals surface area contributed by atoms with E-state index in [1.165, 1.54) is 0 Å². The molecule has 2 aromatic carbocycles. The van der Waals surface area contributed by atoms with E-state index in [1.54, 1.807) is 6.20 Å². The summed E-state index contributed by atoms with van der Waals surface area (Å²) in [6.07, 6.45) is 1.80. The minimum absolute atomic E-state index is 0.887. The van der Waals surface area contributed by atoms with Gasteiger partial charge in [0, 0.05) is 22.5 Å². The highest BCUT2D eigenvalue weighted by Gasteiger charge is 2.07. The molecule has 0 fully saturated rings. The van der Waals surface area contributed by atoms with Gasteiger partial charge in [-0.05, 0) is 42.5 Å². The number of fused-ring (bicyclic) bond motifs is 3. The molecule has 0 N–H and O–H groups in total. The zero-order chi connectivity index (χ0) is 12.7. The molecule has 0 saturated heterocycles. The number of aromatic nitrogens is 1. The maximum Gasteiger partial charge on any atom is 0.136 e. The number of hydrogen-bond donors (Lipinski definition) is 0. The molecule has 4 aromatic rings. The molecule has 0 aliphatic rings. The van der Waals surface area contributed by atoms with Crippen molar-refractivity contribution in [1.29, 1.82) is 0 Å². The van der Waals surface area contributed by atoms with Crippen LogP contribution in [0, 0.1) is 6.07 Å². The van der Waals surface area contributed by atoms with E-state index in [0.717, 1.165) is 33.2 Å². The first kappa shape index (κ1) is 10.3. The van der Waals surface area contributed by atoms with Gasteiger partial charge in [0.05, 0.1) is 5.69 Å². The van der Waals surface area contributed by atoms with Crippen molar-refractivity contribution in [3.8, 4) is 11.3 Å². The van der Waals surface area contributed by atoms with Crippen molar-refractivity contribution in [3.63, 3.8) is 0 Å². The number of nitrogens with zero attached hydrogens (tertiary/aromatic N) is 1. The first-order valence-corrected chi connectivity index (χ1v) is 6.15. The summed E-state index contributed by atoms with van der Waals surface area (Å²) in [7, 11) is 0. The number of furan rings is 1. The van der Waals surface area contributed by atoms with Crippen molar-refractivity contribution in [2.75, 3.05) is 0 Å². The van der Waals surface area contributed by atoms with Gasteiger partial charge >= 0.3 is 0 Å². The molecule has 4 rings (SSSR count). The Morgan fingerprint density at radius 2 is 1.95 bits per heavy atom. The van der Waals surface area contributed by atoms with Crippen LogP contribution < -0.4 is 0 Å². The largest absolute Gasteiger partial charge is 0.456 e. The van der Waals surface area contributed by atoms with Crippen molar-refractivity contribution in [1.82, 2.24) is 4.98 Å². The second kappa shape index (κ2) is 3.95. The molecule has 2 aromatic heterocycles. The van der Waals surface area contributed by atoms with Crippen molar-refractivity contribution in [3.05, 3.63) is 66.9 Å². The Labute approximate surface area is 110 Å². The van der Waals surface area contributed by atoms with Crippen LogP contribution in [0.3, 0.4) is 0 Å². The quantitative estimate of drug-likeness (QED) is 0.494. The Hall–Kier alpha value is -2.61. The lowest BCUT2D eigenvalue weighted by Gasteiger charge is -1.99. The summed E-state index contributed by atoms with van der Waals surface area (Å²) in [5.41, 5.74) is 3.80. The zero-order valence-electron chi connectivity index (χ0n) is 10.1. The van der Waals surface area contributed by atoms with E-state index in [2.05, 4.69) is 23.2 Å². The second-order valence-corrected chi connectivity index (χ2v) is 4.45. The van der Waals surface area contributed by atoms with Gasteiger partial charge in [0.25, 0.3) is 0 Å². The summed E-state index contributed by atoms with van der Waals surface area (Å²) in [5.74, 6) is 0. The van der Waals surface area contributed by atoms with E-state index >= 15 is 0 Å². The lowest BCUT2D eigenvalue weighted by molar-refractivity contribution is 0.669. The normalized spacial score (nSPS) is 11.2. The van der Waals surface area contributed by atoms with Crippen LogP contribution in [-0.4, -0.2) is 4.98 Å².